The first kappa shape index (κ1) is 14.6. The lowest BCUT2D eigenvalue weighted by Crippen LogP contribution is -2.19. The number of thioether (sulfide) groups is 1. The highest BCUT2D eigenvalue weighted by Gasteiger charge is 2.18. The minimum absolute atomic E-state index is 0.270. The third kappa shape index (κ3) is 3.83. The van der Waals surface area contributed by atoms with Crippen LogP contribution in [0.15, 0.2) is 12.1 Å². The van der Waals surface area contributed by atoms with Gasteiger partial charge in [0, 0.05) is 24.0 Å². The van der Waals surface area contributed by atoms with Crippen LogP contribution in [0.25, 0.3) is 0 Å². The van der Waals surface area contributed by atoms with E-state index in [1.807, 2.05) is 13.8 Å². The molecule has 19 heavy (non-hydrogen) atoms. The van der Waals surface area contributed by atoms with Crippen LogP contribution in [0.3, 0.4) is 0 Å². The van der Waals surface area contributed by atoms with E-state index in [0.29, 0.717) is 11.0 Å². The molecule has 0 amide bonds. The number of rotatable bonds is 4. The lowest BCUT2D eigenvalue weighted by atomic mass is 9.97. The third-order valence-corrected chi connectivity index (χ3v) is 4.95. The molecule has 0 aliphatic carbocycles. The lowest BCUT2D eigenvalue weighted by molar-refractivity contribution is 0.0988. The van der Waals surface area contributed by atoms with Gasteiger partial charge in [-0.25, -0.2) is 0 Å². The fourth-order valence-electron chi connectivity index (χ4n) is 2.73. The Hall–Kier alpha value is -0.800. The highest BCUT2D eigenvalue weighted by atomic mass is 32.2. The van der Waals surface area contributed by atoms with Crippen molar-refractivity contribution in [3.8, 4) is 0 Å². The van der Waals surface area contributed by atoms with Crippen molar-refractivity contribution in [2.24, 2.45) is 0 Å². The lowest BCUT2D eigenvalue weighted by Gasteiger charge is -2.21. The molecule has 0 saturated carbocycles. The predicted octanol–water partition coefficient (Wildman–Crippen LogP) is 3.71. The van der Waals surface area contributed by atoms with Gasteiger partial charge in [0.25, 0.3) is 0 Å². The van der Waals surface area contributed by atoms with Gasteiger partial charge in [0.1, 0.15) is 0 Å². The number of aryl methyl sites for hydroxylation is 3. The maximum Gasteiger partial charge on any atom is 0.173 e. The minimum Gasteiger partial charge on any atom is -0.381 e. The Kier molecular flexibility index (Phi) is 5.06. The van der Waals surface area contributed by atoms with Gasteiger partial charge in [-0.3, -0.25) is 4.79 Å². The van der Waals surface area contributed by atoms with Crippen molar-refractivity contribution < 1.29 is 9.53 Å². The SMILES string of the molecule is Cc1cc(C)c(C(=O)CSC2CCOCC2)c(C)c1. The van der Waals surface area contributed by atoms with Crippen LogP contribution in [-0.4, -0.2) is 30.0 Å². The van der Waals surface area contributed by atoms with Gasteiger partial charge in [0.05, 0.1) is 5.75 Å². The average molecular weight is 278 g/mol. The van der Waals surface area contributed by atoms with Crippen molar-refractivity contribution in [1.29, 1.82) is 0 Å². The number of Topliss-reactive ketones (excluding diaryl/α,β-unsaturated/α-hetero) is 1. The average Bonchev–Trinajstić information content (AvgIpc) is 2.36. The Balaban J connectivity index is 1.99. The smallest absolute Gasteiger partial charge is 0.173 e. The molecule has 1 saturated heterocycles. The summed E-state index contributed by atoms with van der Waals surface area (Å²) in [5, 5.41) is 0.587. The van der Waals surface area contributed by atoms with Crippen LogP contribution >= 0.6 is 11.8 Å². The second-order valence-electron chi connectivity index (χ2n) is 5.32. The molecule has 1 aromatic rings. The molecule has 1 heterocycles. The van der Waals surface area contributed by atoms with Crippen LogP contribution in [-0.2, 0) is 4.74 Å². The summed E-state index contributed by atoms with van der Waals surface area (Å²) >= 11 is 1.79. The maximum atomic E-state index is 12.4. The van der Waals surface area contributed by atoms with Gasteiger partial charge >= 0.3 is 0 Å². The molecule has 2 nitrogen and oxygen atoms in total. The summed E-state index contributed by atoms with van der Waals surface area (Å²) in [7, 11) is 0. The van der Waals surface area contributed by atoms with Crippen LogP contribution < -0.4 is 0 Å². The van der Waals surface area contributed by atoms with Crippen LogP contribution in [0, 0.1) is 20.8 Å². The van der Waals surface area contributed by atoms with Crippen LogP contribution in [0.2, 0.25) is 0 Å². The third-order valence-electron chi connectivity index (χ3n) is 3.57. The fourth-order valence-corrected chi connectivity index (χ4v) is 3.79. The highest BCUT2D eigenvalue weighted by molar-refractivity contribution is 8.00. The largest absolute Gasteiger partial charge is 0.381 e. The molecule has 1 aliphatic heterocycles. The molecule has 0 bridgehead atoms. The van der Waals surface area contributed by atoms with Crippen molar-refractivity contribution >= 4 is 17.5 Å². The number of hydrogen-bond donors (Lipinski definition) is 0. The van der Waals surface area contributed by atoms with E-state index in [9.17, 15) is 4.79 Å². The normalized spacial score (nSPS) is 16.6. The quantitative estimate of drug-likeness (QED) is 0.785. The Morgan fingerprint density at radius 2 is 1.79 bits per heavy atom. The molecule has 0 unspecified atom stereocenters. The van der Waals surface area contributed by atoms with Crippen molar-refractivity contribution in [2.45, 2.75) is 38.9 Å². The molecule has 104 valence electrons. The van der Waals surface area contributed by atoms with E-state index in [1.165, 1.54) is 5.56 Å². The standard InChI is InChI=1S/C16H22O2S/c1-11-8-12(2)16(13(3)9-11)15(17)10-19-14-4-6-18-7-5-14/h8-9,14H,4-7,10H2,1-3H3. The second-order valence-corrected chi connectivity index (χ2v) is 6.61. The first-order valence-electron chi connectivity index (χ1n) is 6.88. The van der Waals surface area contributed by atoms with E-state index in [2.05, 4.69) is 19.1 Å². The molecule has 1 fully saturated rings. The van der Waals surface area contributed by atoms with Gasteiger partial charge in [-0.2, -0.15) is 11.8 Å². The van der Waals surface area contributed by atoms with Gasteiger partial charge in [0.2, 0.25) is 0 Å². The van der Waals surface area contributed by atoms with E-state index < -0.39 is 0 Å². The molecule has 2 rings (SSSR count). The Morgan fingerprint density at radius 3 is 2.37 bits per heavy atom. The summed E-state index contributed by atoms with van der Waals surface area (Å²) in [6.07, 6.45) is 2.15. The molecule has 1 aliphatic rings. The summed E-state index contributed by atoms with van der Waals surface area (Å²) in [6.45, 7) is 7.83. The van der Waals surface area contributed by atoms with Gasteiger partial charge in [-0.15, -0.1) is 0 Å². The highest BCUT2D eigenvalue weighted by Crippen LogP contribution is 2.24. The summed E-state index contributed by atoms with van der Waals surface area (Å²) in [6, 6.07) is 4.19. The monoisotopic (exact) mass is 278 g/mol. The summed E-state index contributed by atoms with van der Waals surface area (Å²) in [5.74, 6) is 0.863. The molecule has 0 aromatic heterocycles. The van der Waals surface area contributed by atoms with E-state index in [1.54, 1.807) is 11.8 Å². The minimum atomic E-state index is 0.270. The van der Waals surface area contributed by atoms with Crippen molar-refractivity contribution in [1.82, 2.24) is 0 Å². The fraction of sp³-hybridized carbons (Fsp3) is 0.562. The number of carbonyl (C=O) groups is 1. The zero-order valence-corrected chi connectivity index (χ0v) is 12.8. The zero-order chi connectivity index (χ0) is 13.8. The first-order chi connectivity index (χ1) is 9.08. The van der Waals surface area contributed by atoms with Gasteiger partial charge < -0.3 is 4.74 Å². The molecular formula is C16H22O2S. The first-order valence-corrected chi connectivity index (χ1v) is 7.93. The van der Waals surface area contributed by atoms with Crippen molar-refractivity contribution in [3.05, 3.63) is 34.4 Å². The topological polar surface area (TPSA) is 26.3 Å². The predicted molar refractivity (Wildman–Crippen MR) is 81.3 cm³/mol. The van der Waals surface area contributed by atoms with E-state index in [-0.39, 0.29) is 5.78 Å². The van der Waals surface area contributed by atoms with Gasteiger partial charge in [-0.1, -0.05) is 17.7 Å². The number of ether oxygens (including phenoxy) is 1. The van der Waals surface area contributed by atoms with Crippen molar-refractivity contribution in [2.75, 3.05) is 19.0 Å². The molecule has 0 atom stereocenters. The van der Waals surface area contributed by atoms with E-state index in [0.717, 1.165) is 42.7 Å². The Morgan fingerprint density at radius 1 is 1.21 bits per heavy atom. The Bertz CT molecular complexity index is 439. The number of hydrogen-bond acceptors (Lipinski definition) is 3. The zero-order valence-electron chi connectivity index (χ0n) is 12.0. The van der Waals surface area contributed by atoms with Crippen molar-refractivity contribution in [3.63, 3.8) is 0 Å². The summed E-state index contributed by atoms with van der Waals surface area (Å²) in [5.41, 5.74) is 4.36. The summed E-state index contributed by atoms with van der Waals surface area (Å²) < 4.78 is 5.34. The number of carbonyl (C=O) groups excluding carboxylic acids is 1. The van der Waals surface area contributed by atoms with Gasteiger partial charge in [-0.05, 0) is 44.7 Å². The molecule has 3 heteroatoms. The van der Waals surface area contributed by atoms with E-state index >= 15 is 0 Å². The molecule has 0 radical (unpaired) electrons. The second kappa shape index (κ2) is 6.58. The summed E-state index contributed by atoms with van der Waals surface area (Å²) in [4.78, 5) is 12.4. The maximum absolute atomic E-state index is 12.4. The van der Waals surface area contributed by atoms with E-state index in [4.69, 9.17) is 4.74 Å². The Labute approximate surface area is 119 Å². The molecule has 0 spiro atoms. The molecule has 0 N–H and O–H groups in total. The van der Waals surface area contributed by atoms with Crippen LogP contribution in [0.1, 0.15) is 39.9 Å². The number of benzene rings is 1. The van der Waals surface area contributed by atoms with Crippen LogP contribution in [0.5, 0.6) is 0 Å². The van der Waals surface area contributed by atoms with Gasteiger partial charge in [0.15, 0.2) is 5.78 Å². The molecule has 1 aromatic carbocycles. The van der Waals surface area contributed by atoms with Crippen LogP contribution in [0.4, 0.5) is 0 Å². The number of ketones is 1. The molecular weight excluding hydrogens is 256 g/mol.